The van der Waals surface area contributed by atoms with E-state index in [-0.39, 0.29) is 25.7 Å². The lowest BCUT2D eigenvalue weighted by Crippen LogP contribution is -2.30. The zero-order chi connectivity index (χ0) is 18.5. The number of rotatable bonds is 8. The van der Waals surface area contributed by atoms with Crippen molar-refractivity contribution in [1.29, 1.82) is 0 Å². The van der Waals surface area contributed by atoms with Gasteiger partial charge in [0.2, 0.25) is 12.7 Å². The highest BCUT2D eigenvalue weighted by Crippen LogP contribution is 2.32. The molecule has 1 saturated heterocycles. The highest BCUT2D eigenvalue weighted by molar-refractivity contribution is 5.78. The molecule has 1 amide bonds. The Morgan fingerprint density at radius 3 is 3.04 bits per heavy atom. The lowest BCUT2D eigenvalue weighted by molar-refractivity contribution is -0.120. The van der Waals surface area contributed by atoms with Crippen molar-refractivity contribution in [2.24, 2.45) is 5.92 Å². The lowest BCUT2D eigenvalue weighted by Gasteiger charge is -2.08. The number of hydrogen-bond acceptors (Lipinski definition) is 7. The number of amides is 1. The quantitative estimate of drug-likeness (QED) is 0.753. The van der Waals surface area contributed by atoms with Crippen molar-refractivity contribution < 1.29 is 28.3 Å². The minimum absolute atomic E-state index is 0.0666. The first-order chi connectivity index (χ1) is 13.3. The van der Waals surface area contributed by atoms with Crippen LogP contribution in [0.2, 0.25) is 0 Å². The van der Waals surface area contributed by atoms with Crippen LogP contribution < -0.4 is 14.8 Å². The summed E-state index contributed by atoms with van der Waals surface area (Å²) < 4.78 is 26.8. The normalized spacial score (nSPS) is 18.0. The van der Waals surface area contributed by atoms with Crippen LogP contribution in [0.4, 0.5) is 0 Å². The van der Waals surface area contributed by atoms with Crippen molar-refractivity contribution in [1.82, 2.24) is 10.5 Å². The minimum atomic E-state index is -0.0666. The van der Waals surface area contributed by atoms with Crippen LogP contribution >= 0.6 is 0 Å². The van der Waals surface area contributed by atoms with Gasteiger partial charge in [-0.1, -0.05) is 11.2 Å². The Bertz CT molecular complexity index is 784. The first-order valence-corrected chi connectivity index (χ1v) is 9.01. The van der Waals surface area contributed by atoms with E-state index in [1.54, 1.807) is 6.07 Å². The maximum Gasteiger partial charge on any atom is 0.231 e. The highest BCUT2D eigenvalue weighted by atomic mass is 16.7. The van der Waals surface area contributed by atoms with Crippen LogP contribution in [0.25, 0.3) is 0 Å². The fourth-order valence-electron chi connectivity index (χ4n) is 3.04. The summed E-state index contributed by atoms with van der Waals surface area (Å²) >= 11 is 0. The third-order valence-electron chi connectivity index (χ3n) is 4.51. The number of carbonyl (C=O) groups excluding carboxylic acids is 1. The summed E-state index contributed by atoms with van der Waals surface area (Å²) in [4.78, 5) is 12.0. The van der Waals surface area contributed by atoms with Gasteiger partial charge in [0.15, 0.2) is 17.3 Å². The maximum absolute atomic E-state index is 12.0. The van der Waals surface area contributed by atoms with Crippen LogP contribution in [-0.4, -0.2) is 37.6 Å². The summed E-state index contributed by atoms with van der Waals surface area (Å²) in [5.74, 6) is 2.41. The molecule has 2 aliphatic rings. The lowest BCUT2D eigenvalue weighted by atomic mass is 10.1. The summed E-state index contributed by atoms with van der Waals surface area (Å²) in [7, 11) is 0. The summed E-state index contributed by atoms with van der Waals surface area (Å²) in [6.07, 6.45) is 1.19. The van der Waals surface area contributed by atoms with Crippen LogP contribution in [0, 0.1) is 5.92 Å². The zero-order valence-corrected chi connectivity index (χ0v) is 14.9. The Hall–Kier alpha value is -2.58. The zero-order valence-electron chi connectivity index (χ0n) is 14.9. The summed E-state index contributed by atoms with van der Waals surface area (Å²) in [5.41, 5.74) is 1.58. The third kappa shape index (κ3) is 4.78. The van der Waals surface area contributed by atoms with E-state index in [1.165, 1.54) is 0 Å². The van der Waals surface area contributed by atoms with E-state index < -0.39 is 0 Å². The largest absolute Gasteiger partial charge is 0.454 e. The van der Waals surface area contributed by atoms with Crippen molar-refractivity contribution in [2.45, 2.75) is 26.1 Å². The number of carbonyl (C=O) groups is 1. The Morgan fingerprint density at radius 1 is 1.22 bits per heavy atom. The number of aromatic nitrogens is 1. The number of nitrogens with zero attached hydrogens (tertiary/aromatic N) is 1. The molecule has 0 spiro atoms. The molecule has 0 radical (unpaired) electrons. The number of ether oxygens (including phenoxy) is 4. The molecule has 27 heavy (non-hydrogen) atoms. The van der Waals surface area contributed by atoms with Gasteiger partial charge in [-0.3, -0.25) is 4.79 Å². The molecule has 8 heteroatoms. The van der Waals surface area contributed by atoms with E-state index in [1.807, 2.05) is 18.2 Å². The molecule has 1 atom stereocenters. The molecule has 4 rings (SSSR count). The van der Waals surface area contributed by atoms with Crippen molar-refractivity contribution >= 4 is 5.91 Å². The monoisotopic (exact) mass is 374 g/mol. The predicted octanol–water partition coefficient (Wildman–Crippen LogP) is 1.82. The third-order valence-corrected chi connectivity index (χ3v) is 4.51. The molecular weight excluding hydrogens is 352 g/mol. The van der Waals surface area contributed by atoms with Gasteiger partial charge in [-0.25, -0.2) is 0 Å². The Balaban J connectivity index is 1.19. The summed E-state index contributed by atoms with van der Waals surface area (Å²) in [6.45, 7) is 3.08. The molecule has 2 aliphatic heterocycles. The second kappa shape index (κ2) is 8.41. The predicted molar refractivity (Wildman–Crippen MR) is 93.2 cm³/mol. The van der Waals surface area contributed by atoms with Crippen molar-refractivity contribution in [3.8, 4) is 11.5 Å². The molecule has 1 fully saturated rings. The molecule has 0 saturated carbocycles. The van der Waals surface area contributed by atoms with Gasteiger partial charge in [0.1, 0.15) is 6.61 Å². The standard InChI is InChI=1S/C19H22N2O6/c22-19(20-8-14-3-4-23-10-14)7-15-6-16(27-21-15)11-24-9-13-1-2-17-18(5-13)26-12-25-17/h1-2,5-6,14H,3-4,7-12H2,(H,20,22). The van der Waals surface area contributed by atoms with E-state index >= 15 is 0 Å². The molecule has 3 heterocycles. The average Bonchev–Trinajstić information content (AvgIpc) is 3.42. The molecule has 1 aromatic heterocycles. The van der Waals surface area contributed by atoms with E-state index in [4.69, 9.17) is 23.5 Å². The molecule has 0 aliphatic carbocycles. The van der Waals surface area contributed by atoms with E-state index in [9.17, 15) is 4.79 Å². The molecule has 1 N–H and O–H groups in total. The van der Waals surface area contributed by atoms with Crippen LogP contribution in [-0.2, 0) is 33.9 Å². The van der Waals surface area contributed by atoms with Gasteiger partial charge in [0.05, 0.1) is 25.3 Å². The number of hydrogen-bond donors (Lipinski definition) is 1. The Morgan fingerprint density at radius 2 is 2.15 bits per heavy atom. The smallest absolute Gasteiger partial charge is 0.231 e. The van der Waals surface area contributed by atoms with Crippen LogP contribution in [0.15, 0.2) is 28.8 Å². The highest BCUT2D eigenvalue weighted by Gasteiger charge is 2.17. The van der Waals surface area contributed by atoms with Crippen molar-refractivity contribution in [3.63, 3.8) is 0 Å². The Kier molecular flexibility index (Phi) is 5.55. The van der Waals surface area contributed by atoms with Gasteiger partial charge in [-0.05, 0) is 24.1 Å². The number of nitrogens with one attached hydrogen (secondary N) is 1. The average molecular weight is 374 g/mol. The van der Waals surface area contributed by atoms with Crippen LogP contribution in [0.3, 0.4) is 0 Å². The second-order valence-corrected chi connectivity index (χ2v) is 6.68. The first kappa shape index (κ1) is 17.8. The molecule has 1 aromatic carbocycles. The van der Waals surface area contributed by atoms with E-state index in [0.717, 1.165) is 36.7 Å². The number of benzene rings is 1. The second-order valence-electron chi connectivity index (χ2n) is 6.68. The van der Waals surface area contributed by atoms with Gasteiger partial charge >= 0.3 is 0 Å². The van der Waals surface area contributed by atoms with Gasteiger partial charge in [-0.2, -0.15) is 0 Å². The van der Waals surface area contributed by atoms with Crippen LogP contribution in [0.5, 0.6) is 11.5 Å². The van der Waals surface area contributed by atoms with Gasteiger partial charge in [0.25, 0.3) is 0 Å². The van der Waals surface area contributed by atoms with Crippen LogP contribution in [0.1, 0.15) is 23.4 Å². The molecule has 1 unspecified atom stereocenters. The molecule has 144 valence electrons. The molecule has 8 nitrogen and oxygen atoms in total. The molecular formula is C19H22N2O6. The van der Waals surface area contributed by atoms with Crippen molar-refractivity contribution in [2.75, 3.05) is 26.6 Å². The summed E-state index contributed by atoms with van der Waals surface area (Å²) in [6, 6.07) is 7.44. The van der Waals surface area contributed by atoms with Gasteiger partial charge in [0, 0.05) is 25.1 Å². The molecule has 0 bridgehead atoms. The van der Waals surface area contributed by atoms with Gasteiger partial charge < -0.3 is 28.8 Å². The number of fused-ring (bicyclic) bond motifs is 1. The van der Waals surface area contributed by atoms with Gasteiger partial charge in [-0.15, -0.1) is 0 Å². The SMILES string of the molecule is O=C(Cc1cc(COCc2ccc3c(c2)OCO3)on1)NCC1CCOC1. The first-order valence-electron chi connectivity index (χ1n) is 9.01. The van der Waals surface area contributed by atoms with E-state index in [2.05, 4.69) is 10.5 Å². The fourth-order valence-corrected chi connectivity index (χ4v) is 3.04. The fraction of sp³-hybridized carbons (Fsp3) is 0.474. The topological polar surface area (TPSA) is 92.1 Å². The Labute approximate surface area is 156 Å². The summed E-state index contributed by atoms with van der Waals surface area (Å²) in [5, 5.41) is 6.85. The molecule has 2 aromatic rings. The van der Waals surface area contributed by atoms with Crippen molar-refractivity contribution in [3.05, 3.63) is 41.3 Å². The minimum Gasteiger partial charge on any atom is -0.454 e. The maximum atomic E-state index is 12.0. The van der Waals surface area contributed by atoms with E-state index in [0.29, 0.717) is 30.5 Å².